The molecule has 1 aliphatic rings. The van der Waals surface area contributed by atoms with Gasteiger partial charge in [0, 0.05) is 22.0 Å². The first-order valence-electron chi connectivity index (χ1n) is 8.12. The minimum Gasteiger partial charge on any atom is -0.356 e. The second-order valence-electron chi connectivity index (χ2n) is 7.18. The Hall–Kier alpha value is -1.98. The molecule has 1 heterocycles. The molecule has 0 unspecified atom stereocenters. The van der Waals surface area contributed by atoms with Crippen molar-refractivity contribution < 1.29 is 18.0 Å². The van der Waals surface area contributed by atoms with Gasteiger partial charge in [0.05, 0.1) is 12.1 Å². The molecule has 130 valence electrons. The lowest BCUT2D eigenvalue weighted by molar-refractivity contribution is -0.137. The number of amides is 1. The Kier molecular flexibility index (Phi) is 3.89. The Morgan fingerprint density at radius 1 is 1.33 bits per heavy atom. The summed E-state index contributed by atoms with van der Waals surface area (Å²) in [4.78, 5) is 14.9. The van der Waals surface area contributed by atoms with E-state index < -0.39 is 17.2 Å². The van der Waals surface area contributed by atoms with Crippen molar-refractivity contribution in [2.75, 3.05) is 0 Å². The third kappa shape index (κ3) is 3.01. The molecule has 1 amide bonds. The minimum absolute atomic E-state index is 0.0102. The van der Waals surface area contributed by atoms with Gasteiger partial charge in [0.15, 0.2) is 0 Å². The molecule has 1 saturated carbocycles. The van der Waals surface area contributed by atoms with Gasteiger partial charge in [0.1, 0.15) is 0 Å². The van der Waals surface area contributed by atoms with Crippen molar-refractivity contribution >= 4 is 16.8 Å². The van der Waals surface area contributed by atoms with Crippen molar-refractivity contribution in [1.82, 2.24) is 10.3 Å². The van der Waals surface area contributed by atoms with Gasteiger partial charge in [0.2, 0.25) is 5.91 Å². The summed E-state index contributed by atoms with van der Waals surface area (Å²) < 4.78 is 40.5. The molecule has 1 aromatic carbocycles. The summed E-state index contributed by atoms with van der Waals surface area (Å²) in [6.07, 6.45) is -2.90. The number of hydrogen-bond acceptors (Lipinski definition) is 1. The summed E-state index contributed by atoms with van der Waals surface area (Å²) in [7, 11) is 0. The van der Waals surface area contributed by atoms with Gasteiger partial charge in [-0.25, -0.2) is 0 Å². The smallest absolute Gasteiger partial charge is 0.356 e. The maximum atomic E-state index is 13.5. The fourth-order valence-corrected chi connectivity index (χ4v) is 2.88. The number of halogens is 3. The van der Waals surface area contributed by atoms with Gasteiger partial charge < -0.3 is 10.3 Å². The molecule has 1 aliphatic carbocycles. The van der Waals surface area contributed by atoms with Crippen LogP contribution in [0.4, 0.5) is 13.2 Å². The largest absolute Gasteiger partial charge is 0.418 e. The van der Waals surface area contributed by atoms with E-state index in [-0.39, 0.29) is 29.4 Å². The van der Waals surface area contributed by atoms with Gasteiger partial charge in [-0.3, -0.25) is 4.79 Å². The molecule has 0 bridgehead atoms. The predicted octanol–water partition coefficient (Wildman–Crippen LogP) is 4.73. The van der Waals surface area contributed by atoms with Crippen molar-refractivity contribution in [1.29, 1.82) is 0 Å². The predicted molar refractivity (Wildman–Crippen MR) is 86.6 cm³/mol. The highest BCUT2D eigenvalue weighted by molar-refractivity contribution is 5.87. The number of aromatic amines is 1. The number of nitrogens with one attached hydrogen (secondary N) is 2. The van der Waals surface area contributed by atoms with Crippen molar-refractivity contribution in [3.63, 3.8) is 0 Å². The van der Waals surface area contributed by atoms with E-state index >= 15 is 0 Å². The number of carbonyl (C=O) groups is 1. The molecule has 1 aromatic heterocycles. The fourth-order valence-electron chi connectivity index (χ4n) is 2.88. The lowest BCUT2D eigenvalue weighted by Gasteiger charge is -2.12. The van der Waals surface area contributed by atoms with E-state index in [1.54, 1.807) is 12.1 Å². The summed E-state index contributed by atoms with van der Waals surface area (Å²) in [5.74, 6) is 0.0437. The van der Waals surface area contributed by atoms with Crippen molar-refractivity contribution in [3.05, 3.63) is 35.0 Å². The van der Waals surface area contributed by atoms with Gasteiger partial charge in [-0.1, -0.05) is 32.9 Å². The van der Waals surface area contributed by atoms with E-state index in [4.69, 9.17) is 0 Å². The summed E-state index contributed by atoms with van der Waals surface area (Å²) in [5, 5.41) is 2.79. The summed E-state index contributed by atoms with van der Waals surface area (Å²) >= 11 is 0. The standard InChI is InChI=1S/C18H21F3N2O/c1-10(2)11-4-5-12-13(8-11)23-14(15(12)18(19,20)21)9-22-16(24)17(3)6-7-17/h4-5,8,10,23H,6-7,9H2,1-3H3,(H,22,24). The Morgan fingerprint density at radius 2 is 2.00 bits per heavy atom. The first-order chi connectivity index (χ1) is 11.1. The quantitative estimate of drug-likeness (QED) is 0.832. The Morgan fingerprint density at radius 3 is 2.54 bits per heavy atom. The van der Waals surface area contributed by atoms with E-state index in [0.717, 1.165) is 18.4 Å². The molecule has 3 rings (SSSR count). The zero-order chi connectivity index (χ0) is 17.7. The molecule has 0 radical (unpaired) electrons. The van der Waals surface area contributed by atoms with Crippen LogP contribution in [-0.4, -0.2) is 10.9 Å². The molecule has 2 N–H and O–H groups in total. The molecule has 1 fully saturated rings. The molecule has 24 heavy (non-hydrogen) atoms. The third-order valence-corrected chi connectivity index (χ3v) is 4.82. The summed E-state index contributed by atoms with van der Waals surface area (Å²) in [6, 6.07) is 4.99. The second-order valence-corrected chi connectivity index (χ2v) is 7.18. The average molecular weight is 338 g/mol. The van der Waals surface area contributed by atoms with Crippen molar-refractivity contribution in [2.45, 2.75) is 52.3 Å². The van der Waals surface area contributed by atoms with Crippen LogP contribution in [0, 0.1) is 5.41 Å². The Balaban J connectivity index is 1.97. The van der Waals surface area contributed by atoms with Gasteiger partial charge >= 0.3 is 6.18 Å². The maximum absolute atomic E-state index is 13.5. The monoisotopic (exact) mass is 338 g/mol. The Bertz CT molecular complexity index is 785. The average Bonchev–Trinajstić information content (AvgIpc) is 3.12. The van der Waals surface area contributed by atoms with Gasteiger partial charge in [-0.2, -0.15) is 13.2 Å². The molecule has 6 heteroatoms. The number of aromatic nitrogens is 1. The highest BCUT2D eigenvalue weighted by Crippen LogP contribution is 2.45. The first-order valence-corrected chi connectivity index (χ1v) is 8.12. The third-order valence-electron chi connectivity index (χ3n) is 4.82. The van der Waals surface area contributed by atoms with Crippen LogP contribution in [0.5, 0.6) is 0 Å². The number of alkyl halides is 3. The fraction of sp³-hybridized carbons (Fsp3) is 0.500. The van der Waals surface area contributed by atoms with E-state index in [0.29, 0.717) is 5.52 Å². The number of rotatable bonds is 4. The first kappa shape index (κ1) is 16.9. The lowest BCUT2D eigenvalue weighted by Crippen LogP contribution is -2.30. The summed E-state index contributed by atoms with van der Waals surface area (Å²) in [5.41, 5.74) is 0.342. The SMILES string of the molecule is CC(C)c1ccc2c(C(F)(F)F)c(CNC(=O)C3(C)CC3)[nH]c2c1. The number of benzene rings is 1. The molecule has 0 saturated heterocycles. The minimum atomic E-state index is -4.47. The van der Waals surface area contributed by atoms with Crippen LogP contribution in [-0.2, 0) is 17.5 Å². The number of H-pyrrole nitrogens is 1. The lowest BCUT2D eigenvalue weighted by atomic mass is 10.0. The van der Waals surface area contributed by atoms with Crippen LogP contribution >= 0.6 is 0 Å². The van der Waals surface area contributed by atoms with Crippen molar-refractivity contribution in [2.24, 2.45) is 5.41 Å². The van der Waals surface area contributed by atoms with Crippen LogP contribution in [0.25, 0.3) is 10.9 Å². The molecule has 0 atom stereocenters. The number of carbonyl (C=O) groups excluding carboxylic acids is 1. The highest BCUT2D eigenvalue weighted by Gasteiger charge is 2.45. The Labute approximate surface area is 138 Å². The van der Waals surface area contributed by atoms with Crippen molar-refractivity contribution in [3.8, 4) is 0 Å². The van der Waals surface area contributed by atoms with E-state index in [1.807, 2.05) is 20.8 Å². The van der Waals surface area contributed by atoms with Gasteiger partial charge in [0.25, 0.3) is 0 Å². The topological polar surface area (TPSA) is 44.9 Å². The second kappa shape index (κ2) is 5.53. The van der Waals surface area contributed by atoms with Crippen LogP contribution in [0.1, 0.15) is 56.4 Å². The molecule has 0 spiro atoms. The maximum Gasteiger partial charge on any atom is 0.418 e. The van der Waals surface area contributed by atoms with E-state index in [2.05, 4.69) is 10.3 Å². The molecule has 0 aliphatic heterocycles. The molecular weight excluding hydrogens is 317 g/mol. The molecular formula is C18H21F3N2O. The number of hydrogen-bond donors (Lipinski definition) is 2. The highest BCUT2D eigenvalue weighted by atomic mass is 19.4. The normalized spacial score (nSPS) is 16.6. The number of fused-ring (bicyclic) bond motifs is 1. The van der Waals surface area contributed by atoms with Gasteiger partial charge in [-0.15, -0.1) is 0 Å². The van der Waals surface area contributed by atoms with E-state index in [1.165, 1.54) is 6.07 Å². The molecule has 3 nitrogen and oxygen atoms in total. The van der Waals surface area contributed by atoms with E-state index in [9.17, 15) is 18.0 Å². The van der Waals surface area contributed by atoms with Crippen LogP contribution in [0.3, 0.4) is 0 Å². The molecule has 2 aromatic rings. The van der Waals surface area contributed by atoms with Crippen LogP contribution in [0.2, 0.25) is 0 Å². The van der Waals surface area contributed by atoms with Crippen LogP contribution in [0.15, 0.2) is 18.2 Å². The van der Waals surface area contributed by atoms with Gasteiger partial charge in [-0.05, 0) is 30.4 Å². The summed E-state index contributed by atoms with van der Waals surface area (Å²) in [6.45, 7) is 5.67. The zero-order valence-corrected chi connectivity index (χ0v) is 14.0. The zero-order valence-electron chi connectivity index (χ0n) is 14.0. The van der Waals surface area contributed by atoms with Crippen LogP contribution < -0.4 is 5.32 Å².